The number of alkyl halides is 3. The lowest BCUT2D eigenvalue weighted by Gasteiger charge is -2.26. The Balaban J connectivity index is 1.50. The molecule has 9 heteroatoms. The molecule has 0 aliphatic carbocycles. The van der Waals surface area contributed by atoms with Gasteiger partial charge in [-0.1, -0.05) is 60.7 Å². The van der Waals surface area contributed by atoms with E-state index in [0.29, 0.717) is 22.9 Å². The highest BCUT2D eigenvalue weighted by atomic mass is 19.4. The second-order valence-corrected chi connectivity index (χ2v) is 10.5. The Hall–Kier alpha value is -5.05. The van der Waals surface area contributed by atoms with Gasteiger partial charge in [0.2, 0.25) is 0 Å². The van der Waals surface area contributed by atoms with Gasteiger partial charge >= 0.3 is 6.18 Å². The zero-order valence-corrected chi connectivity index (χ0v) is 23.2. The first-order chi connectivity index (χ1) is 20.1. The summed E-state index contributed by atoms with van der Waals surface area (Å²) in [4.78, 5) is 10.0. The second-order valence-electron chi connectivity index (χ2n) is 10.5. The topological polar surface area (TPSA) is 61.4 Å². The van der Waals surface area contributed by atoms with Crippen molar-refractivity contribution in [2.45, 2.75) is 32.4 Å². The number of nitrogens with zero attached hydrogens (tertiary/aromatic N) is 6. The molecule has 6 aromatic rings. The molecule has 0 saturated heterocycles. The van der Waals surface area contributed by atoms with Crippen LogP contribution in [0.4, 0.5) is 13.2 Å². The van der Waals surface area contributed by atoms with Crippen molar-refractivity contribution in [2.75, 3.05) is 0 Å². The summed E-state index contributed by atoms with van der Waals surface area (Å²) in [5.74, 6) is 0.967. The molecule has 4 aromatic heterocycles. The third-order valence-corrected chi connectivity index (χ3v) is 7.24. The van der Waals surface area contributed by atoms with Gasteiger partial charge in [-0.2, -0.15) is 23.4 Å². The summed E-state index contributed by atoms with van der Waals surface area (Å²) in [6, 6.07) is 30.0. The van der Waals surface area contributed by atoms with E-state index in [0.717, 1.165) is 34.1 Å². The Morgan fingerprint density at radius 2 is 1.02 bits per heavy atom. The fourth-order valence-corrected chi connectivity index (χ4v) is 4.89. The molecule has 4 heterocycles. The summed E-state index contributed by atoms with van der Waals surface area (Å²) in [5, 5.41) is 8.46. The van der Waals surface area contributed by atoms with Crippen molar-refractivity contribution in [2.24, 2.45) is 0 Å². The Morgan fingerprint density at radius 1 is 0.548 bits per heavy atom. The molecule has 0 radical (unpaired) electrons. The van der Waals surface area contributed by atoms with Crippen molar-refractivity contribution >= 4 is 0 Å². The normalized spacial score (nSPS) is 12.0. The molecule has 6 rings (SSSR count). The Labute approximate surface area is 241 Å². The molecule has 0 fully saturated rings. The first kappa shape index (κ1) is 27.1. The van der Waals surface area contributed by atoms with Gasteiger partial charge in [0, 0.05) is 28.9 Å². The van der Waals surface area contributed by atoms with Gasteiger partial charge < -0.3 is 0 Å². The maximum Gasteiger partial charge on any atom is 0.435 e. The van der Waals surface area contributed by atoms with Gasteiger partial charge in [-0.3, -0.25) is 0 Å². The average molecular weight is 565 g/mol. The van der Waals surface area contributed by atoms with Gasteiger partial charge in [0.15, 0.2) is 17.3 Å². The van der Waals surface area contributed by atoms with Gasteiger partial charge in [0.1, 0.15) is 0 Å². The number of hydrogen-bond acceptors (Lipinski definition) is 4. The molecule has 0 atom stereocenters. The molecule has 0 aliphatic heterocycles. The van der Waals surface area contributed by atoms with Crippen LogP contribution in [0.2, 0.25) is 0 Å². The number of hydrogen-bond donors (Lipinski definition) is 0. The average Bonchev–Trinajstić information content (AvgIpc) is 3.67. The predicted octanol–water partition coefficient (Wildman–Crippen LogP) is 7.84. The van der Waals surface area contributed by atoms with Crippen LogP contribution in [0.5, 0.6) is 0 Å². The van der Waals surface area contributed by atoms with E-state index >= 15 is 0 Å². The molecule has 42 heavy (non-hydrogen) atoms. The minimum atomic E-state index is -4.57. The number of aryl methyl sites for hydroxylation is 1. The maximum atomic E-state index is 13.5. The Bertz CT molecular complexity index is 1850. The van der Waals surface area contributed by atoms with Crippen LogP contribution in [0.3, 0.4) is 0 Å². The van der Waals surface area contributed by atoms with Crippen molar-refractivity contribution in [1.82, 2.24) is 29.5 Å². The van der Waals surface area contributed by atoms with Gasteiger partial charge in [-0.05, 0) is 68.3 Å². The smallest absolute Gasteiger partial charge is 0.232 e. The zero-order chi connectivity index (χ0) is 29.5. The lowest BCUT2D eigenvalue weighted by molar-refractivity contribution is -0.141. The van der Waals surface area contributed by atoms with Crippen molar-refractivity contribution in [3.63, 3.8) is 0 Å². The van der Waals surface area contributed by atoms with Crippen LogP contribution in [0, 0.1) is 6.92 Å². The molecule has 2 aromatic carbocycles. The highest BCUT2D eigenvalue weighted by Gasteiger charge is 2.34. The second kappa shape index (κ2) is 10.4. The van der Waals surface area contributed by atoms with Crippen molar-refractivity contribution < 1.29 is 13.2 Å². The number of pyridine rings is 2. The molecule has 0 bridgehead atoms. The first-order valence-electron chi connectivity index (χ1n) is 13.4. The molecule has 0 unspecified atom stereocenters. The lowest BCUT2D eigenvalue weighted by atomic mass is 9.83. The van der Waals surface area contributed by atoms with E-state index in [1.165, 1.54) is 10.9 Å². The fourth-order valence-electron chi connectivity index (χ4n) is 4.89. The van der Waals surface area contributed by atoms with Gasteiger partial charge in [0.05, 0.1) is 17.1 Å². The lowest BCUT2D eigenvalue weighted by Crippen LogP contribution is -2.24. The standard InChI is InChI=1S/C33H27F3N6/c1-22-18-20-41(39-22)30-25(23-10-6-4-7-11-23)14-16-27(37-30)32(2,3)28-17-15-26(24-12-8-5-9-13-24)31(38-28)42-21-19-29(40-42)33(34,35)36/h4-21H,1-3H3. The fraction of sp³-hybridized carbons (Fsp3) is 0.152. The number of aromatic nitrogens is 6. The zero-order valence-electron chi connectivity index (χ0n) is 23.2. The molecule has 0 aliphatic rings. The van der Waals surface area contributed by atoms with Crippen LogP contribution in [0.25, 0.3) is 33.9 Å². The molecule has 0 saturated carbocycles. The Kier molecular flexibility index (Phi) is 6.73. The van der Waals surface area contributed by atoms with Crippen LogP contribution in [0.1, 0.15) is 36.6 Å². The van der Waals surface area contributed by atoms with E-state index in [4.69, 9.17) is 9.97 Å². The predicted molar refractivity (Wildman–Crippen MR) is 155 cm³/mol. The van der Waals surface area contributed by atoms with Gasteiger partial charge in [-0.25, -0.2) is 19.3 Å². The molecule has 6 nitrogen and oxygen atoms in total. The van der Waals surface area contributed by atoms with Crippen LogP contribution in [-0.2, 0) is 11.6 Å². The molecule has 0 N–H and O–H groups in total. The first-order valence-corrected chi connectivity index (χ1v) is 13.4. The highest BCUT2D eigenvalue weighted by molar-refractivity contribution is 5.72. The van der Waals surface area contributed by atoms with Crippen molar-refractivity contribution in [3.05, 3.63) is 132 Å². The van der Waals surface area contributed by atoms with E-state index in [9.17, 15) is 13.2 Å². The van der Waals surface area contributed by atoms with Crippen LogP contribution < -0.4 is 0 Å². The van der Waals surface area contributed by atoms with E-state index < -0.39 is 17.3 Å². The van der Waals surface area contributed by atoms with E-state index in [1.54, 1.807) is 4.68 Å². The van der Waals surface area contributed by atoms with E-state index in [2.05, 4.69) is 10.2 Å². The number of rotatable bonds is 6. The molecule has 0 spiro atoms. The molecule has 0 amide bonds. The van der Waals surface area contributed by atoms with Crippen LogP contribution in [0.15, 0.2) is 109 Å². The summed E-state index contributed by atoms with van der Waals surface area (Å²) < 4.78 is 43.3. The summed E-state index contributed by atoms with van der Waals surface area (Å²) in [7, 11) is 0. The molecular weight excluding hydrogens is 537 g/mol. The van der Waals surface area contributed by atoms with E-state index in [1.807, 2.05) is 118 Å². The van der Waals surface area contributed by atoms with E-state index in [-0.39, 0.29) is 0 Å². The Morgan fingerprint density at radius 3 is 1.45 bits per heavy atom. The van der Waals surface area contributed by atoms with Gasteiger partial charge in [-0.15, -0.1) is 0 Å². The van der Waals surface area contributed by atoms with Crippen LogP contribution in [-0.4, -0.2) is 29.5 Å². The number of benzene rings is 2. The van der Waals surface area contributed by atoms with Crippen molar-refractivity contribution in [3.8, 4) is 33.9 Å². The SMILES string of the molecule is Cc1ccn(-c2nc(C(C)(C)c3ccc(-c4ccccc4)c(-n4ccc(C(F)(F)F)n4)n3)ccc2-c2ccccc2)n1. The quantitative estimate of drug-likeness (QED) is 0.207. The van der Waals surface area contributed by atoms with Gasteiger partial charge in [0.25, 0.3) is 0 Å². The third-order valence-electron chi connectivity index (χ3n) is 7.24. The third kappa shape index (κ3) is 5.09. The monoisotopic (exact) mass is 564 g/mol. The largest absolute Gasteiger partial charge is 0.435 e. The molecule has 210 valence electrons. The minimum absolute atomic E-state index is 0.297. The maximum absolute atomic E-state index is 13.5. The summed E-state index contributed by atoms with van der Waals surface area (Å²) >= 11 is 0. The minimum Gasteiger partial charge on any atom is -0.232 e. The summed E-state index contributed by atoms with van der Waals surface area (Å²) in [6.45, 7) is 5.91. The summed E-state index contributed by atoms with van der Waals surface area (Å²) in [6.07, 6.45) is -1.40. The van der Waals surface area contributed by atoms with Crippen molar-refractivity contribution in [1.29, 1.82) is 0 Å². The molecular formula is C33H27F3N6. The number of halogens is 3. The summed E-state index contributed by atoms with van der Waals surface area (Å²) in [5.41, 5.74) is 3.91. The van der Waals surface area contributed by atoms with Crippen LogP contribution >= 0.6 is 0 Å². The highest BCUT2D eigenvalue weighted by Crippen LogP contribution is 2.36.